The number of aromatic nitrogens is 2. The summed E-state index contributed by atoms with van der Waals surface area (Å²) in [4.78, 5) is 19.3. The second-order valence-electron chi connectivity index (χ2n) is 7.49. The molecule has 2 atom stereocenters. The zero-order valence-electron chi connectivity index (χ0n) is 18.8. The molecule has 3 rings (SSSR count). The van der Waals surface area contributed by atoms with E-state index in [-0.39, 0.29) is 17.5 Å². The van der Waals surface area contributed by atoms with Crippen molar-refractivity contribution in [3.8, 4) is 11.5 Å². The third kappa shape index (κ3) is 7.41. The first-order chi connectivity index (χ1) is 16.4. The van der Waals surface area contributed by atoms with Gasteiger partial charge in [-0.3, -0.25) is 10.1 Å². The number of benzene rings is 2. The van der Waals surface area contributed by atoms with Gasteiger partial charge in [0.25, 0.3) is 10.9 Å². The minimum atomic E-state index is -2.54. The summed E-state index contributed by atoms with van der Waals surface area (Å²) in [6, 6.07) is 12.6. The summed E-state index contributed by atoms with van der Waals surface area (Å²) in [6.07, 6.45) is 1.38. The number of nitro benzene ring substituents is 1. The van der Waals surface area contributed by atoms with Crippen molar-refractivity contribution in [2.24, 2.45) is 0 Å². The predicted octanol–water partition coefficient (Wildman–Crippen LogP) is 5.34. The van der Waals surface area contributed by atoms with E-state index in [4.69, 9.17) is 9.31 Å². The van der Waals surface area contributed by atoms with Crippen molar-refractivity contribution < 1.29 is 23.3 Å². The maximum Gasteiger partial charge on any atom is 0.694 e. The SMILES string of the molecule is CCC(Sc1nnc(-c2ccc(CNCCCO[P+](=O)O)cc2C)o1)c1cccc([N+](=O)[O-])c1. The molecule has 2 unspecified atom stereocenters. The van der Waals surface area contributed by atoms with E-state index in [0.29, 0.717) is 30.6 Å². The minimum Gasteiger partial charge on any atom is -0.411 e. The zero-order valence-corrected chi connectivity index (χ0v) is 20.6. The molecule has 10 nitrogen and oxygen atoms in total. The Morgan fingerprint density at radius 2 is 2.12 bits per heavy atom. The largest absolute Gasteiger partial charge is 0.694 e. The molecule has 0 saturated carbocycles. The van der Waals surface area contributed by atoms with Gasteiger partial charge in [-0.15, -0.1) is 19.6 Å². The second kappa shape index (κ2) is 12.7. The van der Waals surface area contributed by atoms with E-state index in [0.717, 1.165) is 28.7 Å². The smallest absolute Gasteiger partial charge is 0.411 e. The highest BCUT2D eigenvalue weighted by Crippen LogP contribution is 2.39. The molecule has 0 aliphatic rings. The van der Waals surface area contributed by atoms with Crippen LogP contribution in [0.4, 0.5) is 5.69 Å². The molecule has 2 N–H and O–H groups in total. The van der Waals surface area contributed by atoms with Gasteiger partial charge >= 0.3 is 8.25 Å². The Morgan fingerprint density at radius 1 is 1.29 bits per heavy atom. The fourth-order valence-corrected chi connectivity index (χ4v) is 4.55. The summed E-state index contributed by atoms with van der Waals surface area (Å²) in [7, 11) is -2.54. The molecule has 1 heterocycles. The number of rotatable bonds is 13. The highest BCUT2D eigenvalue weighted by atomic mass is 32.2. The van der Waals surface area contributed by atoms with E-state index < -0.39 is 13.2 Å². The Morgan fingerprint density at radius 3 is 2.82 bits per heavy atom. The van der Waals surface area contributed by atoms with Crippen molar-refractivity contribution in [3.05, 3.63) is 69.3 Å². The van der Waals surface area contributed by atoms with Gasteiger partial charge in [-0.25, -0.2) is 0 Å². The van der Waals surface area contributed by atoms with Crippen LogP contribution in [0.2, 0.25) is 0 Å². The molecular weight excluding hydrogens is 479 g/mol. The Bertz CT molecular complexity index is 1140. The molecule has 0 spiro atoms. The van der Waals surface area contributed by atoms with E-state index in [1.807, 2.05) is 38.1 Å². The quantitative estimate of drug-likeness (QED) is 0.103. The molecule has 34 heavy (non-hydrogen) atoms. The van der Waals surface area contributed by atoms with Crippen molar-refractivity contribution in [1.82, 2.24) is 15.5 Å². The van der Waals surface area contributed by atoms with Crippen molar-refractivity contribution in [2.45, 2.75) is 43.7 Å². The van der Waals surface area contributed by atoms with E-state index in [9.17, 15) is 14.7 Å². The number of hydrogen-bond acceptors (Lipinski definition) is 9. The third-order valence-corrected chi connectivity index (χ3v) is 6.68. The molecule has 0 fully saturated rings. The molecule has 12 heteroatoms. The molecule has 180 valence electrons. The van der Waals surface area contributed by atoms with Crippen LogP contribution < -0.4 is 5.32 Å². The molecule has 1 aromatic heterocycles. The van der Waals surface area contributed by atoms with Crippen LogP contribution >= 0.6 is 20.0 Å². The number of aryl methyl sites for hydroxylation is 1. The lowest BCUT2D eigenvalue weighted by Crippen LogP contribution is -2.16. The lowest BCUT2D eigenvalue weighted by Gasteiger charge is -2.12. The van der Waals surface area contributed by atoms with Crippen LogP contribution in [0, 0.1) is 17.0 Å². The maximum atomic E-state index is 11.1. The molecule has 0 aliphatic carbocycles. The molecule has 0 bridgehead atoms. The molecule has 0 saturated heterocycles. The number of nitro groups is 1. The molecular formula is C22H26N4O6PS+. The van der Waals surface area contributed by atoms with E-state index in [1.165, 1.54) is 17.8 Å². The van der Waals surface area contributed by atoms with E-state index >= 15 is 0 Å². The highest BCUT2D eigenvalue weighted by Gasteiger charge is 2.19. The average molecular weight is 506 g/mol. The van der Waals surface area contributed by atoms with Crippen LogP contribution in [0.5, 0.6) is 0 Å². The van der Waals surface area contributed by atoms with Gasteiger partial charge in [-0.2, -0.15) is 0 Å². The van der Waals surface area contributed by atoms with E-state index in [2.05, 4.69) is 20.0 Å². The summed E-state index contributed by atoms with van der Waals surface area (Å²) in [5, 5.41) is 23.1. The fourth-order valence-electron chi connectivity index (χ4n) is 3.36. The van der Waals surface area contributed by atoms with E-state index in [1.54, 1.807) is 12.1 Å². The van der Waals surface area contributed by atoms with Gasteiger partial charge < -0.3 is 9.73 Å². The molecule has 2 aromatic carbocycles. The minimum absolute atomic E-state index is 0.0499. The van der Waals surface area contributed by atoms with Crippen LogP contribution in [0.25, 0.3) is 11.5 Å². The van der Waals surface area contributed by atoms with Gasteiger partial charge in [0.15, 0.2) is 0 Å². The van der Waals surface area contributed by atoms with Gasteiger partial charge in [0.2, 0.25) is 5.89 Å². The number of thioether (sulfide) groups is 1. The summed E-state index contributed by atoms with van der Waals surface area (Å²) < 4.78 is 21.0. The maximum absolute atomic E-state index is 11.1. The average Bonchev–Trinajstić information content (AvgIpc) is 3.28. The number of nitrogens with one attached hydrogen (secondary N) is 1. The lowest BCUT2D eigenvalue weighted by molar-refractivity contribution is -0.384. The Hall–Kier alpha value is -2.69. The number of nitrogens with zero attached hydrogens (tertiary/aromatic N) is 3. The summed E-state index contributed by atoms with van der Waals surface area (Å²) in [6.45, 7) is 5.52. The molecule has 0 aliphatic heterocycles. The van der Waals surface area contributed by atoms with Crippen molar-refractivity contribution >= 4 is 25.7 Å². The van der Waals surface area contributed by atoms with Crippen LogP contribution in [-0.2, 0) is 15.6 Å². The lowest BCUT2D eigenvalue weighted by atomic mass is 10.1. The van der Waals surface area contributed by atoms with Gasteiger partial charge in [0.05, 0.1) is 4.92 Å². The standard InChI is InChI=1S/C22H25N4O6PS/c1-3-20(17-6-4-7-18(13-17)26(27)28)34-22-25-24-21(32-22)19-9-8-16(12-15(19)2)14-23-10-5-11-31-33(29)30/h4,6-9,12-13,20,23H,3,5,10-11,14H2,1-2H3/p+1. The molecule has 0 amide bonds. The fraction of sp³-hybridized carbons (Fsp3) is 0.364. The van der Waals surface area contributed by atoms with Crippen LogP contribution in [0.15, 0.2) is 52.1 Å². The molecule has 0 radical (unpaired) electrons. The third-order valence-electron chi connectivity index (χ3n) is 5.02. The van der Waals surface area contributed by atoms with Crippen molar-refractivity contribution in [1.29, 1.82) is 0 Å². The summed E-state index contributed by atoms with van der Waals surface area (Å²) in [5.74, 6) is 0.420. The first-order valence-electron chi connectivity index (χ1n) is 10.7. The first kappa shape index (κ1) is 25.9. The topological polar surface area (TPSA) is 141 Å². The summed E-state index contributed by atoms with van der Waals surface area (Å²) >= 11 is 1.39. The number of hydrogen-bond donors (Lipinski definition) is 2. The second-order valence-corrected chi connectivity index (χ2v) is 9.38. The van der Waals surface area contributed by atoms with Crippen LogP contribution in [0.3, 0.4) is 0 Å². The van der Waals surface area contributed by atoms with Crippen LogP contribution in [-0.4, -0.2) is 33.2 Å². The van der Waals surface area contributed by atoms with Gasteiger partial charge in [-0.05, 0) is 49.1 Å². The van der Waals surface area contributed by atoms with Crippen molar-refractivity contribution in [3.63, 3.8) is 0 Å². The Labute approximate surface area is 202 Å². The Kier molecular flexibility index (Phi) is 9.67. The normalized spacial score (nSPS) is 12.5. The zero-order chi connectivity index (χ0) is 24.5. The van der Waals surface area contributed by atoms with Crippen molar-refractivity contribution in [2.75, 3.05) is 13.2 Å². The summed E-state index contributed by atoms with van der Waals surface area (Å²) in [5.41, 5.74) is 3.81. The predicted molar refractivity (Wildman–Crippen MR) is 129 cm³/mol. The van der Waals surface area contributed by atoms with Gasteiger partial charge in [-0.1, -0.05) is 43.0 Å². The monoisotopic (exact) mass is 505 g/mol. The number of non-ortho nitro benzene ring substituents is 1. The molecule has 3 aromatic rings. The van der Waals surface area contributed by atoms with Gasteiger partial charge in [0.1, 0.15) is 6.61 Å². The van der Waals surface area contributed by atoms with Crippen LogP contribution in [0.1, 0.15) is 41.7 Å². The van der Waals surface area contributed by atoms with Gasteiger partial charge in [0, 0.05) is 34.1 Å². The first-order valence-corrected chi connectivity index (χ1v) is 12.7. The Balaban J connectivity index is 1.61. The highest BCUT2D eigenvalue weighted by molar-refractivity contribution is 7.99.